The number of alkyl halides is 3. The van der Waals surface area contributed by atoms with Crippen LogP contribution in [0.25, 0.3) is 0 Å². The van der Waals surface area contributed by atoms with Gasteiger partial charge in [-0.05, 0) is 50.1 Å². The molecule has 2 aliphatic rings. The summed E-state index contributed by atoms with van der Waals surface area (Å²) in [6.07, 6.45) is 1.10. The number of aromatic nitrogens is 2. The Bertz CT molecular complexity index is 975. The molecule has 198 valence electrons. The maximum Gasteiger partial charge on any atom is 0.433 e. The second-order valence-corrected chi connectivity index (χ2v) is 9.43. The number of piperazine rings is 1. The molecule has 4 heterocycles. The number of piperidine rings is 1. The minimum absolute atomic E-state index is 0. The van der Waals surface area contributed by atoms with Gasteiger partial charge in [-0.25, -0.2) is 4.98 Å². The minimum Gasteiger partial charge on any atom is -0.382 e. The zero-order valence-electron chi connectivity index (χ0n) is 19.5. The largest absolute Gasteiger partial charge is 0.433 e. The van der Waals surface area contributed by atoms with Crippen molar-refractivity contribution in [3.8, 4) is 0 Å². The molecule has 2 aliphatic heterocycles. The fraction of sp³-hybridized carbons (Fsp3) is 0.560. The predicted octanol–water partition coefficient (Wildman–Crippen LogP) is 4.79. The molecule has 4 rings (SSSR count). The van der Waals surface area contributed by atoms with Crippen molar-refractivity contribution in [1.29, 1.82) is 0 Å². The van der Waals surface area contributed by atoms with Crippen molar-refractivity contribution < 1.29 is 18.0 Å². The number of likely N-dealkylation sites (tertiary alicyclic amines) is 1. The number of rotatable bonds is 7. The minimum atomic E-state index is -4.46. The average Bonchev–Trinajstić information content (AvgIpc) is 2.85. The van der Waals surface area contributed by atoms with Gasteiger partial charge in [0.2, 0.25) is 5.91 Å². The second kappa shape index (κ2) is 12.6. The fourth-order valence-electron chi connectivity index (χ4n) is 4.55. The molecule has 7 nitrogen and oxygen atoms in total. The number of amides is 1. The number of hydrogen-bond donors (Lipinski definition) is 1. The molecule has 2 fully saturated rings. The van der Waals surface area contributed by atoms with Gasteiger partial charge in [-0.15, -0.1) is 0 Å². The highest BCUT2D eigenvalue weighted by Gasteiger charge is 2.32. The van der Waals surface area contributed by atoms with E-state index in [-0.39, 0.29) is 19.4 Å². The maximum absolute atomic E-state index is 12.9. The first kappa shape index (κ1) is 28.0. The number of nitrogens with one attached hydrogen (secondary N) is 1. The Hall–Kier alpha value is -2.59. The summed E-state index contributed by atoms with van der Waals surface area (Å²) in [5, 5.41) is 3.79. The molecule has 0 atom stereocenters. The van der Waals surface area contributed by atoms with Crippen LogP contribution in [0, 0.1) is 0 Å². The first-order chi connectivity index (χ1) is 16.8. The molecule has 0 aromatic carbocycles. The third-order valence-corrected chi connectivity index (χ3v) is 6.77. The van der Waals surface area contributed by atoms with Crippen molar-refractivity contribution >= 4 is 29.0 Å². The van der Waals surface area contributed by atoms with Crippen LogP contribution in [0.3, 0.4) is 0 Å². The molecule has 36 heavy (non-hydrogen) atoms. The van der Waals surface area contributed by atoms with Gasteiger partial charge in [-0.3, -0.25) is 14.7 Å². The zero-order chi connectivity index (χ0) is 24.8. The molecule has 0 unspecified atom stereocenters. The van der Waals surface area contributed by atoms with Gasteiger partial charge in [0, 0.05) is 69.8 Å². The number of anilines is 2. The van der Waals surface area contributed by atoms with E-state index in [4.69, 9.17) is 11.6 Å². The van der Waals surface area contributed by atoms with E-state index in [0.29, 0.717) is 43.1 Å². The third-order valence-electron chi connectivity index (χ3n) is 6.54. The number of hydrogen-bond acceptors (Lipinski definition) is 6. The van der Waals surface area contributed by atoms with Crippen LogP contribution in [-0.2, 0) is 11.0 Å². The van der Waals surface area contributed by atoms with Gasteiger partial charge < -0.3 is 15.1 Å². The quantitative estimate of drug-likeness (QED) is 0.559. The normalized spacial score (nSPS) is 17.6. The van der Waals surface area contributed by atoms with E-state index in [2.05, 4.69) is 25.1 Å². The van der Waals surface area contributed by atoms with Crippen molar-refractivity contribution in [2.24, 2.45) is 0 Å². The molecule has 1 amide bonds. The van der Waals surface area contributed by atoms with E-state index in [0.717, 1.165) is 57.2 Å². The highest BCUT2D eigenvalue weighted by Crippen LogP contribution is 2.29. The molecular formula is C25H34ClF3N6O. The van der Waals surface area contributed by atoms with Gasteiger partial charge in [0.05, 0.1) is 5.02 Å². The van der Waals surface area contributed by atoms with Crippen molar-refractivity contribution in [3.63, 3.8) is 0 Å². The monoisotopic (exact) mass is 526 g/mol. The Balaban J connectivity index is 0.00000361. The van der Waals surface area contributed by atoms with Crippen LogP contribution in [0.15, 0.2) is 36.7 Å². The van der Waals surface area contributed by atoms with Crippen molar-refractivity contribution in [3.05, 3.63) is 47.4 Å². The van der Waals surface area contributed by atoms with Crippen LogP contribution in [0.5, 0.6) is 0 Å². The first-order valence-electron chi connectivity index (χ1n) is 11.9. The smallest absolute Gasteiger partial charge is 0.382 e. The van der Waals surface area contributed by atoms with E-state index in [1.807, 2.05) is 17.0 Å². The van der Waals surface area contributed by atoms with Crippen LogP contribution >= 0.6 is 11.6 Å². The molecule has 0 bridgehead atoms. The highest BCUT2D eigenvalue weighted by molar-refractivity contribution is 6.30. The van der Waals surface area contributed by atoms with E-state index in [9.17, 15) is 18.0 Å². The van der Waals surface area contributed by atoms with E-state index in [1.165, 1.54) is 0 Å². The summed E-state index contributed by atoms with van der Waals surface area (Å²) in [7, 11) is 0. The standard InChI is InChI=1S/C24H30ClF3N6O.CH4/c25-18-3-4-22(30-17-18)33-14-12-32(13-15-33)9-1-2-23(35)34-10-6-19(7-11-34)31-20-5-8-29-21(16-20)24(26,27)28;/h3-5,8,16-17,19H,1-2,6-7,9-15H2,(H,29,31);1H4. The lowest BCUT2D eigenvalue weighted by atomic mass is 10.0. The number of pyridine rings is 2. The number of halogens is 4. The van der Waals surface area contributed by atoms with Crippen molar-refractivity contribution in [1.82, 2.24) is 19.8 Å². The van der Waals surface area contributed by atoms with Gasteiger partial charge in [0.1, 0.15) is 11.5 Å². The summed E-state index contributed by atoms with van der Waals surface area (Å²) >= 11 is 5.91. The van der Waals surface area contributed by atoms with E-state index < -0.39 is 11.9 Å². The van der Waals surface area contributed by atoms with Crippen LogP contribution in [0.4, 0.5) is 24.7 Å². The summed E-state index contributed by atoms with van der Waals surface area (Å²) in [4.78, 5) is 26.9. The molecule has 0 spiro atoms. The van der Waals surface area contributed by atoms with Gasteiger partial charge in [-0.1, -0.05) is 19.0 Å². The fourth-order valence-corrected chi connectivity index (χ4v) is 4.66. The second-order valence-electron chi connectivity index (χ2n) is 8.99. The van der Waals surface area contributed by atoms with Gasteiger partial charge in [0.15, 0.2) is 0 Å². The molecule has 2 aromatic rings. The Kier molecular flexibility index (Phi) is 9.78. The van der Waals surface area contributed by atoms with Crippen LogP contribution < -0.4 is 10.2 Å². The molecule has 1 N–H and O–H groups in total. The van der Waals surface area contributed by atoms with Crippen molar-refractivity contribution in [2.75, 3.05) is 56.0 Å². The van der Waals surface area contributed by atoms with Crippen LogP contribution in [-0.4, -0.2) is 77.5 Å². The molecule has 2 saturated heterocycles. The Morgan fingerprint density at radius 2 is 1.78 bits per heavy atom. The van der Waals surface area contributed by atoms with E-state index >= 15 is 0 Å². The molecule has 0 saturated carbocycles. The lowest BCUT2D eigenvalue weighted by molar-refractivity contribution is -0.141. The van der Waals surface area contributed by atoms with Gasteiger partial charge in [-0.2, -0.15) is 13.2 Å². The topological polar surface area (TPSA) is 64.6 Å². The van der Waals surface area contributed by atoms with E-state index in [1.54, 1.807) is 12.3 Å². The summed E-state index contributed by atoms with van der Waals surface area (Å²) in [6, 6.07) is 6.39. The molecule has 2 aromatic heterocycles. The SMILES string of the molecule is C.O=C(CCCN1CCN(c2ccc(Cl)cn2)CC1)N1CCC(Nc2ccnc(C(F)(F)F)c2)CC1. The Morgan fingerprint density at radius 1 is 1.06 bits per heavy atom. The number of nitrogens with zero attached hydrogens (tertiary/aromatic N) is 5. The van der Waals surface area contributed by atoms with Gasteiger partial charge >= 0.3 is 6.18 Å². The summed E-state index contributed by atoms with van der Waals surface area (Å²) in [5.74, 6) is 1.09. The van der Waals surface area contributed by atoms with Gasteiger partial charge in [0.25, 0.3) is 0 Å². The zero-order valence-corrected chi connectivity index (χ0v) is 20.2. The van der Waals surface area contributed by atoms with Crippen molar-refractivity contribution in [2.45, 2.75) is 45.3 Å². The van der Waals surface area contributed by atoms with Crippen LogP contribution in [0.1, 0.15) is 38.8 Å². The number of carbonyl (C=O) groups is 1. The lowest BCUT2D eigenvalue weighted by Gasteiger charge is -2.36. The predicted molar refractivity (Wildman–Crippen MR) is 136 cm³/mol. The Labute approximate surface area is 215 Å². The number of carbonyl (C=O) groups excluding carboxylic acids is 1. The summed E-state index contributed by atoms with van der Waals surface area (Å²) in [6.45, 7) is 5.76. The molecule has 0 radical (unpaired) electrons. The highest BCUT2D eigenvalue weighted by atomic mass is 35.5. The molecule has 11 heteroatoms. The van der Waals surface area contributed by atoms with Crippen LogP contribution in [0.2, 0.25) is 5.02 Å². The first-order valence-corrected chi connectivity index (χ1v) is 12.3. The third kappa shape index (κ3) is 7.70. The molecule has 0 aliphatic carbocycles. The summed E-state index contributed by atoms with van der Waals surface area (Å²) in [5.41, 5.74) is -0.498. The molecular weight excluding hydrogens is 493 g/mol. The average molecular weight is 527 g/mol. The Morgan fingerprint density at radius 3 is 2.42 bits per heavy atom. The summed E-state index contributed by atoms with van der Waals surface area (Å²) < 4.78 is 38.6. The maximum atomic E-state index is 12.9. The lowest BCUT2D eigenvalue weighted by Crippen LogP contribution is -2.47.